The maximum Gasteiger partial charge on any atom is 0.308 e. The van der Waals surface area contributed by atoms with Gasteiger partial charge in [-0.3, -0.25) is 14.9 Å². The van der Waals surface area contributed by atoms with Gasteiger partial charge in [-0.2, -0.15) is 0 Å². The molecule has 0 atom stereocenters. The Morgan fingerprint density at radius 2 is 2.24 bits per heavy atom. The van der Waals surface area contributed by atoms with E-state index in [4.69, 9.17) is 10.8 Å². The number of nitro groups is 1. The van der Waals surface area contributed by atoms with E-state index in [2.05, 4.69) is 4.98 Å². The number of anilines is 1. The Kier molecular flexibility index (Phi) is 3.51. The van der Waals surface area contributed by atoms with Gasteiger partial charge < -0.3 is 10.8 Å². The van der Waals surface area contributed by atoms with Crippen LogP contribution in [0.4, 0.5) is 20.3 Å². The number of alkyl halides is 2. The van der Waals surface area contributed by atoms with E-state index in [1.54, 1.807) is 0 Å². The van der Waals surface area contributed by atoms with Crippen LogP contribution in [0.2, 0.25) is 0 Å². The molecular weight excluding hydrogens is 240 g/mol. The Morgan fingerprint density at radius 3 is 2.65 bits per heavy atom. The lowest BCUT2D eigenvalue weighted by molar-refractivity contribution is -0.387. The zero-order chi connectivity index (χ0) is 13.2. The molecule has 3 N–H and O–H groups in total. The second-order valence-electron chi connectivity index (χ2n) is 3.07. The Morgan fingerprint density at radius 1 is 1.65 bits per heavy atom. The van der Waals surface area contributed by atoms with Crippen molar-refractivity contribution in [3.05, 3.63) is 27.4 Å². The number of carboxylic acids is 1. The highest BCUT2D eigenvalue weighted by Crippen LogP contribution is 2.31. The molecule has 0 aromatic carbocycles. The van der Waals surface area contributed by atoms with Crippen molar-refractivity contribution in [1.29, 1.82) is 0 Å². The van der Waals surface area contributed by atoms with Gasteiger partial charge in [0.15, 0.2) is 5.69 Å². The first kappa shape index (κ1) is 12.7. The second kappa shape index (κ2) is 4.68. The Labute approximate surface area is 93.0 Å². The number of rotatable bonds is 4. The molecule has 0 amide bonds. The molecule has 92 valence electrons. The number of aliphatic carboxylic acids is 1. The van der Waals surface area contributed by atoms with Gasteiger partial charge in [-0.25, -0.2) is 13.8 Å². The molecule has 0 unspecified atom stereocenters. The number of pyridine rings is 1. The molecule has 1 heterocycles. The monoisotopic (exact) mass is 247 g/mol. The van der Waals surface area contributed by atoms with E-state index < -0.39 is 40.7 Å². The highest BCUT2D eigenvalue weighted by atomic mass is 19.3. The van der Waals surface area contributed by atoms with Gasteiger partial charge in [-0.05, 0) is 6.07 Å². The van der Waals surface area contributed by atoms with Crippen LogP contribution in [0.1, 0.15) is 17.7 Å². The fourth-order valence-corrected chi connectivity index (χ4v) is 1.30. The predicted molar refractivity (Wildman–Crippen MR) is 51.6 cm³/mol. The van der Waals surface area contributed by atoms with E-state index in [0.29, 0.717) is 0 Å². The number of nitrogens with zero attached hydrogens (tertiary/aromatic N) is 2. The van der Waals surface area contributed by atoms with E-state index in [1.165, 1.54) is 0 Å². The quantitative estimate of drug-likeness (QED) is 0.608. The van der Waals surface area contributed by atoms with E-state index in [0.717, 1.165) is 6.07 Å². The third-order valence-corrected chi connectivity index (χ3v) is 1.85. The van der Waals surface area contributed by atoms with Crippen molar-refractivity contribution in [3.8, 4) is 0 Å². The molecule has 9 heteroatoms. The van der Waals surface area contributed by atoms with Crippen molar-refractivity contribution in [1.82, 2.24) is 4.98 Å². The summed E-state index contributed by atoms with van der Waals surface area (Å²) < 4.78 is 25.0. The van der Waals surface area contributed by atoms with E-state index >= 15 is 0 Å². The minimum atomic E-state index is -3.20. The number of carbonyl (C=O) groups is 1. The zero-order valence-electron chi connectivity index (χ0n) is 8.26. The summed E-state index contributed by atoms with van der Waals surface area (Å²) in [5.74, 6) is -1.78. The summed E-state index contributed by atoms with van der Waals surface area (Å²) in [6.45, 7) is 0. The number of hydrogen-bond acceptors (Lipinski definition) is 5. The average Bonchev–Trinajstić information content (AvgIpc) is 2.14. The molecular formula is C8H7F2N3O4. The molecule has 0 radical (unpaired) electrons. The molecule has 0 saturated heterocycles. The lowest BCUT2D eigenvalue weighted by Crippen LogP contribution is -2.09. The largest absolute Gasteiger partial charge is 0.481 e. The molecule has 0 fully saturated rings. The summed E-state index contributed by atoms with van der Waals surface area (Å²) in [6.07, 6.45) is -3.98. The molecule has 0 saturated carbocycles. The molecule has 0 spiro atoms. The highest BCUT2D eigenvalue weighted by Gasteiger charge is 2.29. The second-order valence-corrected chi connectivity index (χ2v) is 3.07. The third-order valence-electron chi connectivity index (χ3n) is 1.85. The van der Waals surface area contributed by atoms with Crippen LogP contribution in [0.5, 0.6) is 0 Å². The van der Waals surface area contributed by atoms with Crippen LogP contribution in [-0.4, -0.2) is 21.0 Å². The van der Waals surface area contributed by atoms with Gasteiger partial charge >= 0.3 is 11.7 Å². The van der Waals surface area contributed by atoms with Crippen LogP contribution in [-0.2, 0) is 11.2 Å². The molecule has 0 aliphatic carbocycles. The van der Waals surface area contributed by atoms with Crippen LogP contribution in [0.25, 0.3) is 0 Å². The number of aromatic nitrogens is 1. The first-order valence-electron chi connectivity index (χ1n) is 4.26. The predicted octanol–water partition coefficient (Wildman–Crippen LogP) is 1.14. The summed E-state index contributed by atoms with van der Waals surface area (Å²) in [5, 5.41) is 19.2. The van der Waals surface area contributed by atoms with E-state index in [9.17, 15) is 23.7 Å². The number of nitrogen functional groups attached to an aromatic ring is 1. The lowest BCUT2D eigenvalue weighted by atomic mass is 10.1. The maximum absolute atomic E-state index is 12.5. The molecule has 0 aliphatic rings. The SMILES string of the molecule is Nc1cc(CC(=O)O)c([N+](=O)[O-])c(C(F)F)n1. The number of hydrogen-bond donors (Lipinski definition) is 2. The van der Waals surface area contributed by atoms with Crippen molar-refractivity contribution in [2.24, 2.45) is 0 Å². The fraction of sp³-hybridized carbons (Fsp3) is 0.250. The first-order chi connectivity index (χ1) is 7.82. The van der Waals surface area contributed by atoms with Crippen molar-refractivity contribution in [2.45, 2.75) is 12.8 Å². The number of carboxylic acid groups (broad SMARTS) is 1. The molecule has 1 aromatic rings. The summed E-state index contributed by atoms with van der Waals surface area (Å²) in [5.41, 5.74) is 2.66. The van der Waals surface area contributed by atoms with Crippen LogP contribution < -0.4 is 5.73 Å². The number of nitrogens with two attached hydrogens (primary N) is 1. The molecule has 0 aliphatic heterocycles. The Bertz CT molecular complexity index is 478. The topological polar surface area (TPSA) is 119 Å². The summed E-state index contributed by atoms with van der Waals surface area (Å²) in [6, 6.07) is 0.901. The lowest BCUT2D eigenvalue weighted by Gasteiger charge is -2.06. The molecule has 1 rings (SSSR count). The van der Waals surface area contributed by atoms with Gasteiger partial charge in [0.05, 0.1) is 11.3 Å². The fourth-order valence-electron chi connectivity index (χ4n) is 1.30. The third kappa shape index (κ3) is 2.83. The average molecular weight is 247 g/mol. The van der Waals surface area contributed by atoms with E-state index in [-0.39, 0.29) is 5.82 Å². The zero-order valence-corrected chi connectivity index (χ0v) is 8.26. The van der Waals surface area contributed by atoms with Crippen LogP contribution >= 0.6 is 0 Å². The van der Waals surface area contributed by atoms with Crippen molar-refractivity contribution in [2.75, 3.05) is 5.73 Å². The minimum absolute atomic E-state index is 0.387. The Balaban J connectivity index is 3.45. The first-order valence-corrected chi connectivity index (χ1v) is 4.26. The van der Waals surface area contributed by atoms with Gasteiger partial charge in [0.2, 0.25) is 0 Å². The molecule has 17 heavy (non-hydrogen) atoms. The van der Waals surface area contributed by atoms with Gasteiger partial charge in [0, 0.05) is 5.56 Å². The molecule has 7 nitrogen and oxygen atoms in total. The Hall–Kier alpha value is -2.32. The minimum Gasteiger partial charge on any atom is -0.481 e. The maximum atomic E-state index is 12.5. The van der Waals surface area contributed by atoms with Gasteiger partial charge in [-0.1, -0.05) is 0 Å². The summed E-state index contributed by atoms with van der Waals surface area (Å²) in [7, 11) is 0. The van der Waals surface area contributed by atoms with Crippen LogP contribution in [0, 0.1) is 10.1 Å². The van der Waals surface area contributed by atoms with Crippen LogP contribution in [0.15, 0.2) is 6.07 Å². The smallest absolute Gasteiger partial charge is 0.308 e. The van der Waals surface area contributed by atoms with Crippen LogP contribution in [0.3, 0.4) is 0 Å². The van der Waals surface area contributed by atoms with Gasteiger partial charge in [0.25, 0.3) is 6.43 Å². The normalized spacial score (nSPS) is 10.5. The van der Waals surface area contributed by atoms with Gasteiger partial charge in [0.1, 0.15) is 5.82 Å². The van der Waals surface area contributed by atoms with Crippen molar-refractivity contribution < 1.29 is 23.6 Å². The molecule has 0 bridgehead atoms. The summed E-state index contributed by atoms with van der Waals surface area (Å²) in [4.78, 5) is 23.2. The van der Waals surface area contributed by atoms with Crippen molar-refractivity contribution in [3.63, 3.8) is 0 Å². The highest BCUT2D eigenvalue weighted by molar-refractivity contribution is 5.73. The van der Waals surface area contributed by atoms with Crippen molar-refractivity contribution >= 4 is 17.5 Å². The summed E-state index contributed by atoms with van der Waals surface area (Å²) >= 11 is 0. The van der Waals surface area contributed by atoms with Gasteiger partial charge in [-0.15, -0.1) is 0 Å². The molecule has 1 aromatic heterocycles. The number of halogens is 2. The standard InChI is InChI=1S/C8H7F2N3O4/c9-8(10)6-7(13(16)17)3(2-5(14)15)1-4(11)12-6/h1,8H,2H2,(H2,11,12)(H,14,15). The van der Waals surface area contributed by atoms with E-state index in [1.807, 2.05) is 0 Å².